The average molecular weight is 346 g/mol. The maximum absolute atomic E-state index is 12.4. The lowest BCUT2D eigenvalue weighted by Gasteiger charge is -2.15. The van der Waals surface area contributed by atoms with Gasteiger partial charge in [0.15, 0.2) is 0 Å². The minimum atomic E-state index is -3.93. The summed E-state index contributed by atoms with van der Waals surface area (Å²) in [5.41, 5.74) is 2.39. The van der Waals surface area contributed by atoms with E-state index in [9.17, 15) is 13.2 Å². The van der Waals surface area contributed by atoms with E-state index in [4.69, 9.17) is 4.18 Å². The number of carbonyl (C=O) groups excluding carboxylic acids is 1. The quantitative estimate of drug-likeness (QED) is 0.864. The molecule has 24 heavy (non-hydrogen) atoms. The summed E-state index contributed by atoms with van der Waals surface area (Å²) in [6, 6.07) is 11.2. The molecule has 1 fully saturated rings. The molecule has 0 atom stereocenters. The third-order valence-corrected chi connectivity index (χ3v) is 5.30. The van der Waals surface area contributed by atoms with Gasteiger partial charge in [-0.2, -0.15) is 8.42 Å². The molecule has 126 valence electrons. The van der Waals surface area contributed by atoms with Crippen molar-refractivity contribution in [2.45, 2.75) is 18.7 Å². The summed E-state index contributed by atoms with van der Waals surface area (Å²) in [5.74, 6) is 0.318. The molecule has 1 saturated heterocycles. The van der Waals surface area contributed by atoms with Gasteiger partial charge in [-0.3, -0.25) is 4.90 Å². The fourth-order valence-corrected chi connectivity index (χ4v) is 3.47. The second kappa shape index (κ2) is 6.16. The Hall–Kier alpha value is -2.54. The molecule has 1 N–H and O–H groups in total. The molecule has 2 amide bonds. The van der Waals surface area contributed by atoms with Gasteiger partial charge in [0.1, 0.15) is 10.6 Å². The number of amides is 2. The Morgan fingerprint density at radius 1 is 1.08 bits per heavy atom. The summed E-state index contributed by atoms with van der Waals surface area (Å²) < 4.78 is 30.2. The third-order valence-electron chi connectivity index (χ3n) is 4.05. The van der Waals surface area contributed by atoms with E-state index in [2.05, 4.69) is 5.32 Å². The Balaban J connectivity index is 1.85. The Morgan fingerprint density at radius 2 is 1.79 bits per heavy atom. The van der Waals surface area contributed by atoms with Crippen LogP contribution in [0.4, 0.5) is 10.5 Å². The first-order chi connectivity index (χ1) is 11.4. The summed E-state index contributed by atoms with van der Waals surface area (Å²) in [7, 11) is -3.93. The molecule has 0 aliphatic carbocycles. The molecule has 6 nitrogen and oxygen atoms in total. The van der Waals surface area contributed by atoms with Crippen LogP contribution in [0.5, 0.6) is 5.75 Å². The first kappa shape index (κ1) is 16.3. The molecule has 1 aliphatic rings. The lowest BCUT2D eigenvalue weighted by molar-refractivity contribution is 0.252. The molecule has 7 heteroatoms. The van der Waals surface area contributed by atoms with Crippen LogP contribution in [0.3, 0.4) is 0 Å². The highest BCUT2D eigenvalue weighted by Crippen LogP contribution is 2.26. The summed E-state index contributed by atoms with van der Waals surface area (Å²) in [5, 5.41) is 2.70. The molecule has 2 aromatic rings. The van der Waals surface area contributed by atoms with Gasteiger partial charge in [0.25, 0.3) is 0 Å². The topological polar surface area (TPSA) is 75.7 Å². The fraction of sp³-hybridized carbons (Fsp3) is 0.235. The van der Waals surface area contributed by atoms with E-state index < -0.39 is 10.1 Å². The van der Waals surface area contributed by atoms with Crippen LogP contribution in [-0.2, 0) is 10.1 Å². The maximum Gasteiger partial charge on any atom is 0.339 e. The number of aryl methyl sites for hydroxylation is 1. The number of benzene rings is 2. The molecular formula is C17H18N2O4S. The molecular weight excluding hydrogens is 328 g/mol. The van der Waals surface area contributed by atoms with Crippen LogP contribution in [0.25, 0.3) is 0 Å². The predicted molar refractivity (Wildman–Crippen MR) is 90.9 cm³/mol. The summed E-state index contributed by atoms with van der Waals surface area (Å²) in [4.78, 5) is 13.2. The number of hydrogen-bond acceptors (Lipinski definition) is 4. The molecule has 1 aliphatic heterocycles. The first-order valence-electron chi connectivity index (χ1n) is 7.54. The van der Waals surface area contributed by atoms with Gasteiger partial charge in [0.05, 0.1) is 0 Å². The smallest absolute Gasteiger partial charge is 0.339 e. The van der Waals surface area contributed by atoms with Gasteiger partial charge in [-0.15, -0.1) is 0 Å². The zero-order chi connectivity index (χ0) is 17.3. The lowest BCUT2D eigenvalue weighted by atomic mass is 10.1. The van der Waals surface area contributed by atoms with Crippen molar-refractivity contribution in [3.63, 3.8) is 0 Å². The van der Waals surface area contributed by atoms with E-state index >= 15 is 0 Å². The number of hydrogen-bond donors (Lipinski definition) is 1. The van der Waals surface area contributed by atoms with Crippen LogP contribution in [0, 0.1) is 13.8 Å². The van der Waals surface area contributed by atoms with Crippen molar-refractivity contribution >= 4 is 21.8 Å². The minimum absolute atomic E-state index is 0.0479. The van der Waals surface area contributed by atoms with Gasteiger partial charge in [0, 0.05) is 18.8 Å². The monoisotopic (exact) mass is 346 g/mol. The third kappa shape index (κ3) is 3.07. The van der Waals surface area contributed by atoms with Gasteiger partial charge in [-0.25, -0.2) is 4.79 Å². The van der Waals surface area contributed by atoms with Crippen molar-refractivity contribution in [3.05, 3.63) is 53.6 Å². The van der Waals surface area contributed by atoms with Gasteiger partial charge < -0.3 is 9.50 Å². The standard InChI is InChI=1S/C17H18N2O4S/c1-12-4-3-5-16(13(12)2)23-24(21,22)15-8-6-14(7-9-15)19-11-10-18-17(19)20/h3-9H,10-11H2,1-2H3,(H,18,20). The molecule has 0 spiro atoms. The van der Waals surface area contributed by atoms with Crippen molar-refractivity contribution in [2.24, 2.45) is 0 Å². The van der Waals surface area contributed by atoms with Gasteiger partial charge in [-0.05, 0) is 55.3 Å². The SMILES string of the molecule is Cc1cccc(OS(=O)(=O)c2ccc(N3CCNC3=O)cc2)c1C. The fourth-order valence-electron chi connectivity index (χ4n) is 2.49. The van der Waals surface area contributed by atoms with Crippen LogP contribution in [0.15, 0.2) is 47.4 Å². The van der Waals surface area contributed by atoms with Crippen LogP contribution in [0.2, 0.25) is 0 Å². The second-order valence-electron chi connectivity index (χ2n) is 5.61. The van der Waals surface area contributed by atoms with E-state index in [1.54, 1.807) is 29.2 Å². The zero-order valence-electron chi connectivity index (χ0n) is 13.4. The van der Waals surface area contributed by atoms with Gasteiger partial charge in [-0.1, -0.05) is 12.1 Å². The largest absolute Gasteiger partial charge is 0.379 e. The lowest BCUT2D eigenvalue weighted by Crippen LogP contribution is -2.27. The molecule has 0 saturated carbocycles. The highest BCUT2D eigenvalue weighted by atomic mass is 32.2. The van der Waals surface area contributed by atoms with E-state index in [-0.39, 0.29) is 10.9 Å². The number of carbonyl (C=O) groups is 1. The normalized spacial score (nSPS) is 14.6. The number of anilines is 1. The Bertz CT molecular complexity index is 876. The number of nitrogens with zero attached hydrogens (tertiary/aromatic N) is 1. The maximum atomic E-state index is 12.4. The Morgan fingerprint density at radius 3 is 2.42 bits per heavy atom. The number of urea groups is 1. The van der Waals surface area contributed by atoms with Crippen LogP contribution in [0.1, 0.15) is 11.1 Å². The molecule has 0 radical (unpaired) electrons. The number of nitrogens with one attached hydrogen (secondary N) is 1. The highest BCUT2D eigenvalue weighted by Gasteiger charge is 2.23. The van der Waals surface area contributed by atoms with Crippen molar-refractivity contribution in [2.75, 3.05) is 18.0 Å². The molecule has 2 aromatic carbocycles. The van der Waals surface area contributed by atoms with Gasteiger partial charge >= 0.3 is 16.1 Å². The van der Waals surface area contributed by atoms with Crippen LogP contribution in [-0.4, -0.2) is 27.5 Å². The highest BCUT2D eigenvalue weighted by molar-refractivity contribution is 7.87. The average Bonchev–Trinajstić information content (AvgIpc) is 2.98. The van der Waals surface area contributed by atoms with Crippen molar-refractivity contribution in [1.29, 1.82) is 0 Å². The zero-order valence-corrected chi connectivity index (χ0v) is 14.3. The van der Waals surface area contributed by atoms with E-state index in [1.165, 1.54) is 12.1 Å². The van der Waals surface area contributed by atoms with Crippen LogP contribution < -0.4 is 14.4 Å². The predicted octanol–water partition coefficient (Wildman–Crippen LogP) is 2.60. The van der Waals surface area contributed by atoms with Gasteiger partial charge in [0.2, 0.25) is 0 Å². The van der Waals surface area contributed by atoms with Crippen molar-refractivity contribution in [3.8, 4) is 5.75 Å². The summed E-state index contributed by atoms with van der Waals surface area (Å²) in [6.07, 6.45) is 0. The van der Waals surface area contributed by atoms with E-state index in [0.29, 0.717) is 24.5 Å². The van der Waals surface area contributed by atoms with E-state index in [0.717, 1.165) is 11.1 Å². The summed E-state index contributed by atoms with van der Waals surface area (Å²) in [6.45, 7) is 4.85. The Labute approximate surface area is 141 Å². The molecule has 3 rings (SSSR count). The molecule has 0 aromatic heterocycles. The molecule has 0 bridgehead atoms. The Kier molecular flexibility index (Phi) is 4.19. The molecule has 0 unspecified atom stereocenters. The van der Waals surface area contributed by atoms with E-state index in [1.807, 2.05) is 19.9 Å². The molecule has 1 heterocycles. The van der Waals surface area contributed by atoms with Crippen molar-refractivity contribution in [1.82, 2.24) is 5.32 Å². The second-order valence-corrected chi connectivity index (χ2v) is 7.16. The summed E-state index contributed by atoms with van der Waals surface area (Å²) >= 11 is 0. The first-order valence-corrected chi connectivity index (χ1v) is 8.95. The van der Waals surface area contributed by atoms with Crippen LogP contribution >= 0.6 is 0 Å². The minimum Gasteiger partial charge on any atom is -0.379 e. The number of rotatable bonds is 4. The van der Waals surface area contributed by atoms with Crippen molar-refractivity contribution < 1.29 is 17.4 Å².